The molecule has 0 aromatic heterocycles. The van der Waals surface area contributed by atoms with Gasteiger partial charge in [-0.3, -0.25) is 4.79 Å². The van der Waals surface area contributed by atoms with Crippen LogP contribution in [0.15, 0.2) is 54.6 Å². The molecule has 4 heteroatoms. The van der Waals surface area contributed by atoms with Crippen molar-refractivity contribution in [3.8, 4) is 6.07 Å². The predicted octanol–water partition coefficient (Wildman–Crippen LogP) is 5.54. The third-order valence-electron chi connectivity index (χ3n) is 6.21. The maximum Gasteiger partial charge on any atom is 0.311 e. The number of esters is 1. The highest BCUT2D eigenvalue weighted by molar-refractivity contribution is 5.79. The molecule has 1 aliphatic rings. The quantitative estimate of drug-likeness (QED) is 0.654. The minimum atomic E-state index is -1.30. The topological polar surface area (TPSA) is 50.1 Å². The molecule has 0 bridgehead atoms. The van der Waals surface area contributed by atoms with Crippen LogP contribution in [0.5, 0.6) is 0 Å². The van der Waals surface area contributed by atoms with E-state index in [1.165, 1.54) is 0 Å². The molecule has 1 aliphatic carbocycles. The molecule has 0 heterocycles. The van der Waals surface area contributed by atoms with Gasteiger partial charge in [0, 0.05) is 5.56 Å². The largest absolute Gasteiger partial charge is 0.442 e. The number of rotatable bonds is 5. The Hall–Kier alpha value is -2.67. The Morgan fingerprint density at radius 3 is 2.11 bits per heavy atom. The number of halogens is 1. The molecule has 3 rings (SSSR count). The number of hydrogen-bond acceptors (Lipinski definition) is 3. The summed E-state index contributed by atoms with van der Waals surface area (Å²) in [6.45, 7) is 8.09. The molecular weight excluding hydrogens is 341 g/mol. The number of nitrogens with zero attached hydrogens (tertiary/aromatic N) is 1. The van der Waals surface area contributed by atoms with Crippen molar-refractivity contribution in [3.05, 3.63) is 71.3 Å². The van der Waals surface area contributed by atoms with Gasteiger partial charge in [-0.1, -0.05) is 76.2 Å². The molecule has 0 radical (unpaired) electrons. The molecule has 0 aliphatic heterocycles. The highest BCUT2D eigenvalue weighted by Crippen LogP contribution is 2.68. The van der Waals surface area contributed by atoms with Gasteiger partial charge in [0.05, 0.1) is 5.92 Å². The molecule has 3 nitrogen and oxygen atoms in total. The second-order valence-electron chi connectivity index (χ2n) is 8.27. The summed E-state index contributed by atoms with van der Waals surface area (Å²) in [5.74, 6) is -0.621. The van der Waals surface area contributed by atoms with Crippen LogP contribution in [0, 0.1) is 28.1 Å². The monoisotopic (exact) mass is 365 g/mol. The van der Waals surface area contributed by atoms with Gasteiger partial charge in [-0.15, -0.1) is 0 Å². The zero-order valence-corrected chi connectivity index (χ0v) is 16.1. The summed E-state index contributed by atoms with van der Waals surface area (Å²) in [5, 5.41) is 9.52. The van der Waals surface area contributed by atoms with Gasteiger partial charge in [0.15, 0.2) is 6.17 Å². The first-order valence-corrected chi connectivity index (χ1v) is 9.09. The first-order valence-electron chi connectivity index (χ1n) is 9.09. The van der Waals surface area contributed by atoms with Gasteiger partial charge < -0.3 is 4.74 Å². The van der Waals surface area contributed by atoms with E-state index in [1.807, 2.05) is 39.8 Å². The van der Waals surface area contributed by atoms with Crippen LogP contribution in [0.1, 0.15) is 56.7 Å². The minimum absolute atomic E-state index is 0.163. The molecule has 27 heavy (non-hydrogen) atoms. The van der Waals surface area contributed by atoms with E-state index in [9.17, 15) is 14.4 Å². The van der Waals surface area contributed by atoms with Gasteiger partial charge in [-0.05, 0) is 28.0 Å². The number of alkyl halides is 1. The highest BCUT2D eigenvalue weighted by Gasteiger charge is 2.69. The number of ether oxygens (including phenoxy) is 1. The fourth-order valence-corrected chi connectivity index (χ4v) is 3.83. The number of carbonyl (C=O) groups excluding carboxylic acids is 1. The predicted molar refractivity (Wildman–Crippen MR) is 101 cm³/mol. The molecule has 2 aromatic rings. The standard InChI is InChI=1S/C23H24FNO2/c1-22(2)20(23(22,3)4)21(26)27-18(14-25)16-11-8-12-17(13-16)19(24)15-9-6-5-7-10-15/h5-13,18-20H,1-4H3. The van der Waals surface area contributed by atoms with Gasteiger partial charge in [-0.2, -0.15) is 5.26 Å². The van der Waals surface area contributed by atoms with Crippen molar-refractivity contribution in [3.63, 3.8) is 0 Å². The highest BCUT2D eigenvalue weighted by atomic mass is 19.1. The fraction of sp³-hybridized carbons (Fsp3) is 0.391. The third kappa shape index (κ3) is 3.35. The van der Waals surface area contributed by atoms with Crippen LogP contribution < -0.4 is 0 Å². The smallest absolute Gasteiger partial charge is 0.311 e. The summed E-state index contributed by atoms with van der Waals surface area (Å²) in [6, 6.07) is 17.5. The third-order valence-corrected chi connectivity index (χ3v) is 6.21. The van der Waals surface area contributed by atoms with Crippen molar-refractivity contribution in [1.29, 1.82) is 5.26 Å². The maximum atomic E-state index is 14.8. The van der Waals surface area contributed by atoms with E-state index in [4.69, 9.17) is 4.74 Å². The molecule has 0 saturated heterocycles. The fourth-order valence-electron chi connectivity index (χ4n) is 3.83. The Bertz CT molecular complexity index is 869. The van der Waals surface area contributed by atoms with Crippen molar-refractivity contribution in [2.75, 3.05) is 0 Å². The summed E-state index contributed by atoms with van der Waals surface area (Å²) in [5.41, 5.74) is 1.13. The Morgan fingerprint density at radius 1 is 1.00 bits per heavy atom. The maximum absolute atomic E-state index is 14.8. The zero-order chi connectivity index (χ0) is 19.8. The van der Waals surface area contributed by atoms with Gasteiger partial charge in [0.1, 0.15) is 6.07 Å². The number of hydrogen-bond donors (Lipinski definition) is 0. The molecule has 0 amide bonds. The number of carbonyl (C=O) groups is 1. The lowest BCUT2D eigenvalue weighted by Crippen LogP contribution is -2.15. The van der Waals surface area contributed by atoms with E-state index in [0.29, 0.717) is 16.7 Å². The van der Waals surface area contributed by atoms with Gasteiger partial charge in [0.25, 0.3) is 0 Å². The first kappa shape index (κ1) is 19.1. The molecule has 140 valence electrons. The van der Waals surface area contributed by atoms with Crippen molar-refractivity contribution in [1.82, 2.24) is 0 Å². The van der Waals surface area contributed by atoms with E-state index in [-0.39, 0.29) is 22.7 Å². The molecule has 0 spiro atoms. The molecule has 2 aromatic carbocycles. The van der Waals surface area contributed by atoms with Crippen molar-refractivity contribution in [2.45, 2.75) is 40.0 Å². The van der Waals surface area contributed by atoms with Crippen LogP contribution in [0.3, 0.4) is 0 Å². The Morgan fingerprint density at radius 2 is 1.56 bits per heavy atom. The molecule has 1 saturated carbocycles. The lowest BCUT2D eigenvalue weighted by molar-refractivity contribution is -0.150. The van der Waals surface area contributed by atoms with Crippen LogP contribution in [0.25, 0.3) is 0 Å². The lowest BCUT2D eigenvalue weighted by atomic mass is 9.99. The summed E-state index contributed by atoms with van der Waals surface area (Å²) in [4.78, 5) is 12.6. The van der Waals surface area contributed by atoms with E-state index in [0.717, 1.165) is 0 Å². The Kier molecular flexibility index (Phi) is 4.82. The molecule has 2 atom stereocenters. The van der Waals surface area contributed by atoms with Crippen LogP contribution in [-0.2, 0) is 9.53 Å². The summed E-state index contributed by atoms with van der Waals surface area (Å²) in [7, 11) is 0. The molecule has 1 fully saturated rings. The van der Waals surface area contributed by atoms with Crippen LogP contribution >= 0.6 is 0 Å². The lowest BCUT2D eigenvalue weighted by Gasteiger charge is -2.15. The Labute approximate surface area is 159 Å². The van der Waals surface area contributed by atoms with Crippen LogP contribution in [-0.4, -0.2) is 5.97 Å². The summed E-state index contributed by atoms with van der Waals surface area (Å²) in [6.07, 6.45) is -2.35. The van der Waals surface area contributed by atoms with Crippen molar-refractivity contribution >= 4 is 5.97 Å². The van der Waals surface area contributed by atoms with Crippen molar-refractivity contribution < 1.29 is 13.9 Å². The van der Waals surface area contributed by atoms with Gasteiger partial charge >= 0.3 is 5.97 Å². The SMILES string of the molecule is CC1(C)C(C(=O)OC(C#N)c2cccc(C(F)c3ccccc3)c2)C1(C)C. The Balaban J connectivity index is 1.79. The van der Waals surface area contributed by atoms with E-state index in [1.54, 1.807) is 48.5 Å². The van der Waals surface area contributed by atoms with Crippen molar-refractivity contribution in [2.24, 2.45) is 16.7 Å². The van der Waals surface area contributed by atoms with Crippen LogP contribution in [0.2, 0.25) is 0 Å². The number of benzene rings is 2. The summed E-state index contributed by atoms with van der Waals surface area (Å²) < 4.78 is 20.3. The molecular formula is C23H24FNO2. The van der Waals surface area contributed by atoms with Crippen LogP contribution in [0.4, 0.5) is 4.39 Å². The average molecular weight is 365 g/mol. The van der Waals surface area contributed by atoms with Gasteiger partial charge in [-0.25, -0.2) is 4.39 Å². The second kappa shape index (κ2) is 6.81. The van der Waals surface area contributed by atoms with E-state index in [2.05, 4.69) is 0 Å². The average Bonchev–Trinajstić information content (AvgIpc) is 3.08. The molecule has 2 unspecified atom stereocenters. The summed E-state index contributed by atoms with van der Waals surface area (Å²) >= 11 is 0. The first-order chi connectivity index (χ1) is 12.7. The molecule has 0 N–H and O–H groups in total. The van der Waals surface area contributed by atoms with E-state index < -0.39 is 12.3 Å². The zero-order valence-electron chi connectivity index (χ0n) is 16.1. The van der Waals surface area contributed by atoms with E-state index >= 15 is 0 Å². The van der Waals surface area contributed by atoms with Gasteiger partial charge in [0.2, 0.25) is 6.10 Å². The number of nitriles is 1. The normalized spacial score (nSPS) is 19.6. The minimum Gasteiger partial charge on any atom is -0.442 e. The second-order valence-corrected chi connectivity index (χ2v) is 8.27.